The van der Waals surface area contributed by atoms with Gasteiger partial charge in [0.2, 0.25) is 11.9 Å². The van der Waals surface area contributed by atoms with Crippen molar-refractivity contribution >= 4 is 96.3 Å². The molecule has 0 bridgehead atoms. The van der Waals surface area contributed by atoms with Crippen molar-refractivity contribution < 1.29 is 90.1 Å². The molecule has 0 unspecified atom stereocenters. The SMILES string of the molecule is CC(=O)CC(=O)[O-].CC(=O)CC(=O)c1cccc(C#N)c1C.CC(=O)c1cccc(C#N)c1C.Cc1c(Br)cccc1C#N.Cc1c(C#N)cccc1-c1cc(=O)[nH]c(N)n1.Cc1c(C#N)cccc1-c1cc(Cl)nc(N)n1.Cc1c(N)cccc1Br.Cc1ccccc1C#N.O=C=O.[K+]. The van der Waals surface area contributed by atoms with Gasteiger partial charge < -0.3 is 27.1 Å². The van der Waals surface area contributed by atoms with Gasteiger partial charge in [0.1, 0.15) is 16.7 Å². The number of aliphatic carboxylic acids is 1. The normalized spacial score (nSPS) is 9.03. The van der Waals surface area contributed by atoms with Gasteiger partial charge in [-0.3, -0.25) is 29.0 Å². The van der Waals surface area contributed by atoms with Crippen LogP contribution >= 0.6 is 43.5 Å². The van der Waals surface area contributed by atoms with Crippen molar-refractivity contribution in [2.24, 2.45) is 0 Å². The fraction of sp³-hybridized carbons (Fsp3) is 0.162. The Labute approximate surface area is 643 Å². The summed E-state index contributed by atoms with van der Waals surface area (Å²) >= 11 is 12.5. The van der Waals surface area contributed by atoms with Crippen molar-refractivity contribution in [3.05, 3.63) is 253 Å². The molecule has 2 aromatic heterocycles. The van der Waals surface area contributed by atoms with E-state index in [0.29, 0.717) is 50.3 Å². The number of nitrogen functional groups attached to an aromatic ring is 3. The number of nitriles is 6. The number of halogens is 3. The molecule has 0 aliphatic heterocycles. The Morgan fingerprint density at radius 3 is 1.24 bits per heavy atom. The zero-order valence-electron chi connectivity index (χ0n) is 56.3. The summed E-state index contributed by atoms with van der Waals surface area (Å²) in [6.45, 7) is 17.1. The molecule has 0 amide bonds. The summed E-state index contributed by atoms with van der Waals surface area (Å²) in [6.07, 6.45) is -0.324. The molecule has 7 N–H and O–H groups in total. The Bertz CT molecular complexity index is 4710. The fourth-order valence-electron chi connectivity index (χ4n) is 8.03. The maximum absolute atomic E-state index is 11.6. The van der Waals surface area contributed by atoms with E-state index in [-0.39, 0.29) is 110 Å². The molecule has 0 spiro atoms. The molecule has 0 saturated heterocycles. The summed E-state index contributed by atoms with van der Waals surface area (Å²) in [5.74, 6) is -1.89. The number of hydrogen-bond acceptors (Lipinski definition) is 21. The first kappa shape index (κ1) is 89.3. The number of carbonyl (C=O) groups is 5. The number of anilines is 3. The van der Waals surface area contributed by atoms with Crippen molar-refractivity contribution in [3.8, 4) is 58.9 Å². The Kier molecular flexibility index (Phi) is 42.2. The number of rotatable bonds is 8. The van der Waals surface area contributed by atoms with Gasteiger partial charge in [0.05, 0.1) is 87.6 Å². The topological polar surface area (TPSA) is 435 Å². The monoisotopic (exact) mass is 1510 g/mol. The molecule has 0 atom stereocenters. The number of nitrogens with one attached hydrogen (secondary N) is 1. The maximum Gasteiger partial charge on any atom is 1.00 e. The van der Waals surface area contributed by atoms with Crippen molar-refractivity contribution in [1.82, 2.24) is 19.9 Å². The summed E-state index contributed by atoms with van der Waals surface area (Å²) in [7, 11) is 0. The second-order valence-electron chi connectivity index (χ2n) is 20.4. The van der Waals surface area contributed by atoms with Crippen LogP contribution in [0.4, 0.5) is 17.6 Å². The minimum absolute atomic E-state index is 0. The first-order chi connectivity index (χ1) is 46.8. The van der Waals surface area contributed by atoms with Crippen LogP contribution in [0, 0.1) is 116 Å². The van der Waals surface area contributed by atoms with Crippen molar-refractivity contribution in [1.29, 1.82) is 31.6 Å². The van der Waals surface area contributed by atoms with Gasteiger partial charge in [-0.25, -0.2) is 15.0 Å². The van der Waals surface area contributed by atoms with Crippen LogP contribution in [0.15, 0.2) is 159 Å². The zero-order chi connectivity index (χ0) is 75.1. The van der Waals surface area contributed by atoms with E-state index in [1.165, 1.54) is 26.8 Å². The fourth-order valence-corrected chi connectivity index (χ4v) is 8.97. The van der Waals surface area contributed by atoms with Gasteiger partial charge in [-0.2, -0.15) is 41.2 Å². The van der Waals surface area contributed by atoms with Crippen molar-refractivity contribution in [2.75, 3.05) is 17.2 Å². The minimum Gasteiger partial charge on any atom is -0.550 e. The summed E-state index contributed by atoms with van der Waals surface area (Å²) in [6, 6.07) is 55.2. The zero-order valence-corrected chi connectivity index (χ0v) is 63.4. The van der Waals surface area contributed by atoms with Crippen molar-refractivity contribution in [2.45, 2.75) is 82.1 Å². The van der Waals surface area contributed by atoms with Gasteiger partial charge in [0, 0.05) is 61.4 Å². The second-order valence-corrected chi connectivity index (χ2v) is 22.5. The van der Waals surface area contributed by atoms with Crippen LogP contribution in [-0.2, 0) is 24.0 Å². The van der Waals surface area contributed by atoms with Crippen LogP contribution in [0.5, 0.6) is 0 Å². The number of carboxylic acids is 1. The maximum atomic E-state index is 11.6. The molecular formula is C74H65Br2ClKN13O9. The number of carbonyl (C=O) groups excluding carboxylic acids is 7. The van der Waals surface area contributed by atoms with E-state index in [1.807, 2.05) is 107 Å². The average Bonchev–Trinajstić information content (AvgIpc) is 0.834. The molecule has 26 heteroatoms. The molecule has 0 radical (unpaired) electrons. The Morgan fingerprint density at radius 2 is 0.870 bits per heavy atom. The number of aromatic amines is 1. The quantitative estimate of drug-likeness (QED) is 0.0361. The molecule has 0 aliphatic rings. The van der Waals surface area contributed by atoms with Gasteiger partial charge in [0.25, 0.3) is 5.56 Å². The second kappa shape index (κ2) is 47.2. The third-order valence-corrected chi connectivity index (χ3v) is 15.2. The average molecular weight is 1510 g/mol. The molecule has 0 saturated carbocycles. The van der Waals surface area contributed by atoms with E-state index in [9.17, 15) is 33.9 Å². The third-order valence-electron chi connectivity index (χ3n) is 13.3. The van der Waals surface area contributed by atoms with Gasteiger partial charge in [0.15, 0.2) is 11.6 Å². The van der Waals surface area contributed by atoms with Crippen LogP contribution in [0.25, 0.3) is 22.5 Å². The van der Waals surface area contributed by atoms with Gasteiger partial charge in [-0.05, 0) is 163 Å². The smallest absolute Gasteiger partial charge is 0.550 e. The number of hydrogen-bond donors (Lipinski definition) is 4. The van der Waals surface area contributed by atoms with Crippen LogP contribution in [0.2, 0.25) is 5.15 Å². The molecule has 22 nitrogen and oxygen atoms in total. The number of ketones is 4. The molecule has 0 fully saturated rings. The third kappa shape index (κ3) is 31.2. The number of Topliss-reactive ketones (excluding diaryl/α,β-unsaturated/α-hetero) is 4. The number of benzene rings is 7. The van der Waals surface area contributed by atoms with Crippen LogP contribution < -0.4 is 79.3 Å². The molecule has 7 aromatic carbocycles. The molecule has 9 rings (SSSR count). The first-order valence-electron chi connectivity index (χ1n) is 28.8. The number of aryl methyl sites for hydroxylation is 1. The van der Waals surface area contributed by atoms with E-state index in [0.717, 1.165) is 70.3 Å². The number of nitrogens with two attached hydrogens (primary N) is 3. The summed E-state index contributed by atoms with van der Waals surface area (Å²) in [5, 5.41) is 62.1. The van der Waals surface area contributed by atoms with E-state index in [1.54, 1.807) is 92.7 Å². The van der Waals surface area contributed by atoms with Gasteiger partial charge in [-0.15, -0.1) is 0 Å². The Balaban J connectivity index is 0.00000113. The van der Waals surface area contributed by atoms with Crippen LogP contribution in [0.1, 0.15) is 127 Å². The van der Waals surface area contributed by atoms with Gasteiger partial charge in [-0.1, -0.05) is 122 Å². The summed E-state index contributed by atoms with van der Waals surface area (Å²) in [4.78, 5) is 94.7. The molecule has 2 heterocycles. The largest absolute Gasteiger partial charge is 1.00 e. The number of aromatic nitrogens is 4. The van der Waals surface area contributed by atoms with E-state index in [4.69, 9.17) is 70.0 Å². The first-order valence-corrected chi connectivity index (χ1v) is 30.8. The molecule has 0 aliphatic carbocycles. The van der Waals surface area contributed by atoms with E-state index >= 15 is 0 Å². The molecule has 502 valence electrons. The Morgan fingerprint density at radius 1 is 0.490 bits per heavy atom. The number of nitrogens with zero attached hydrogens (tertiary/aromatic N) is 9. The standard InChI is InChI=1S/C12H9ClN4.C12H10N4O.C12H11NO2.C10H9NO.C8H6BrN.C8H7N.C7H8BrN.C4H6O3.CO2.K/c1-7-8(6-14)3-2-4-9(7)10-5-11(13)17-12(15)16-10;1-7-8(6-13)3-2-4-9(7)10-5-11(17)16-12(14)15-10;1-8(14)6-12(15)11-5-3-4-10(7-13)9(11)2;1-7-9(6-11)4-3-5-10(7)8(2)12;1-6-7(5-10)3-2-4-8(6)9;1-7-4-2-3-5-8(7)6-9;1-5-6(8)3-2-4-7(5)9;1-3(5)2-4(6)7;2-1-3;/h2-5H,1H3,(H2,15,16,17);2-5H,1H3,(H3,14,15,16,17);3-5H,6H2,1-2H3;3-5H,1-2H3;2-4H,1H3;2-5H,1H3;2-4H,9H2,1H3;2H2,1H3,(H,6,7);;/q;;;;;;;;;+1/p-1. The van der Waals surface area contributed by atoms with Crippen molar-refractivity contribution in [3.63, 3.8) is 0 Å². The predicted octanol–water partition coefficient (Wildman–Crippen LogP) is 9.83. The number of carboxylic acid groups (broad SMARTS) is 1. The minimum atomic E-state index is -1.31. The molecule has 100 heavy (non-hydrogen) atoms. The van der Waals surface area contributed by atoms with Gasteiger partial charge >= 0.3 is 57.5 Å². The summed E-state index contributed by atoms with van der Waals surface area (Å²) < 4.78 is 2.06. The predicted molar refractivity (Wildman–Crippen MR) is 380 cm³/mol. The molecule has 9 aromatic rings. The van der Waals surface area contributed by atoms with Crippen LogP contribution in [0.3, 0.4) is 0 Å². The van der Waals surface area contributed by atoms with E-state index < -0.39 is 12.4 Å². The summed E-state index contributed by atoms with van der Waals surface area (Å²) in [5.41, 5.74) is 30.8. The van der Waals surface area contributed by atoms with Crippen LogP contribution in [-0.4, -0.2) is 55.2 Å². The number of H-pyrrole nitrogens is 1. The van der Waals surface area contributed by atoms with E-state index in [2.05, 4.69) is 76.1 Å². The molecular weight excluding hydrogens is 1450 g/mol. The Hall–Kier alpha value is -10.7.